The Kier molecular flexibility index (Phi) is 3.00. The molecule has 0 aliphatic carbocycles. The van der Waals surface area contributed by atoms with E-state index >= 15 is 0 Å². The van der Waals surface area contributed by atoms with Gasteiger partial charge in [0.25, 0.3) is 0 Å². The zero-order chi connectivity index (χ0) is 14.3. The topological polar surface area (TPSA) is 30.2 Å². The molecular formula is C17H21N3. The Morgan fingerprint density at radius 1 is 1.25 bits per heavy atom. The standard InChI is InChI=1S/C17H21N3/c1-5-12(2)17(3,4)13-7-6-8-14-15(13)16-18-9-10-20(16)11-19-14/h6-12H,5H2,1-4H3. The number of imidazole rings is 1. The van der Waals surface area contributed by atoms with E-state index < -0.39 is 0 Å². The summed E-state index contributed by atoms with van der Waals surface area (Å²) in [4.78, 5) is 9.09. The van der Waals surface area contributed by atoms with Crippen LogP contribution in [0.2, 0.25) is 0 Å². The molecule has 1 atom stereocenters. The van der Waals surface area contributed by atoms with Crippen molar-refractivity contribution in [1.29, 1.82) is 0 Å². The van der Waals surface area contributed by atoms with Crippen LogP contribution in [0.4, 0.5) is 0 Å². The van der Waals surface area contributed by atoms with Crippen molar-refractivity contribution in [3.63, 3.8) is 0 Å². The third-order valence-corrected chi connectivity index (χ3v) is 4.79. The fourth-order valence-electron chi connectivity index (χ4n) is 2.92. The molecule has 0 radical (unpaired) electrons. The molecule has 0 saturated heterocycles. The van der Waals surface area contributed by atoms with Crippen LogP contribution < -0.4 is 0 Å². The quantitative estimate of drug-likeness (QED) is 0.711. The van der Waals surface area contributed by atoms with Crippen molar-refractivity contribution in [2.45, 2.75) is 39.5 Å². The van der Waals surface area contributed by atoms with Crippen LogP contribution in [-0.4, -0.2) is 14.4 Å². The molecule has 3 nitrogen and oxygen atoms in total. The largest absolute Gasteiger partial charge is 0.290 e. The van der Waals surface area contributed by atoms with Gasteiger partial charge in [-0.25, -0.2) is 9.97 Å². The van der Waals surface area contributed by atoms with E-state index in [2.05, 4.69) is 55.9 Å². The zero-order valence-corrected chi connectivity index (χ0v) is 12.6. The Balaban J connectivity index is 2.38. The van der Waals surface area contributed by atoms with E-state index in [1.807, 2.05) is 23.1 Å². The smallest absolute Gasteiger partial charge is 0.147 e. The average Bonchev–Trinajstić information content (AvgIpc) is 2.94. The lowest BCUT2D eigenvalue weighted by molar-refractivity contribution is 0.337. The van der Waals surface area contributed by atoms with Crippen molar-refractivity contribution < 1.29 is 0 Å². The molecule has 0 fully saturated rings. The molecule has 1 unspecified atom stereocenters. The lowest BCUT2D eigenvalue weighted by Crippen LogP contribution is -2.26. The molecular weight excluding hydrogens is 246 g/mol. The molecule has 3 aromatic rings. The summed E-state index contributed by atoms with van der Waals surface area (Å²) in [6, 6.07) is 6.40. The van der Waals surface area contributed by atoms with Gasteiger partial charge in [0.15, 0.2) is 0 Å². The molecule has 0 aliphatic rings. The van der Waals surface area contributed by atoms with E-state index in [1.54, 1.807) is 0 Å². The van der Waals surface area contributed by atoms with Crippen molar-refractivity contribution in [2.75, 3.05) is 0 Å². The van der Waals surface area contributed by atoms with Gasteiger partial charge in [-0.15, -0.1) is 0 Å². The Hall–Kier alpha value is -1.90. The fraction of sp³-hybridized carbons (Fsp3) is 0.412. The van der Waals surface area contributed by atoms with E-state index in [-0.39, 0.29) is 5.41 Å². The first kappa shape index (κ1) is 13.1. The first-order chi connectivity index (χ1) is 9.55. The van der Waals surface area contributed by atoms with Crippen molar-refractivity contribution >= 4 is 16.6 Å². The molecule has 0 saturated carbocycles. The molecule has 0 spiro atoms. The number of nitrogens with zero attached hydrogens (tertiary/aromatic N) is 3. The molecule has 2 heterocycles. The van der Waals surface area contributed by atoms with Crippen LogP contribution in [-0.2, 0) is 5.41 Å². The van der Waals surface area contributed by atoms with Gasteiger partial charge in [0.1, 0.15) is 12.0 Å². The molecule has 3 heteroatoms. The molecule has 104 valence electrons. The van der Waals surface area contributed by atoms with Gasteiger partial charge in [0.05, 0.1) is 5.52 Å². The van der Waals surface area contributed by atoms with Crippen LogP contribution in [0.1, 0.15) is 39.7 Å². The Morgan fingerprint density at radius 3 is 2.80 bits per heavy atom. The van der Waals surface area contributed by atoms with Crippen LogP contribution >= 0.6 is 0 Å². The minimum atomic E-state index is 0.101. The SMILES string of the molecule is CCC(C)C(C)(C)c1cccc2ncn3ccnc3c12. The molecule has 20 heavy (non-hydrogen) atoms. The lowest BCUT2D eigenvalue weighted by atomic mass is 9.72. The molecule has 0 amide bonds. The molecule has 1 aromatic carbocycles. The monoisotopic (exact) mass is 267 g/mol. The highest BCUT2D eigenvalue weighted by Gasteiger charge is 2.29. The second-order valence-corrected chi connectivity index (χ2v) is 6.13. The summed E-state index contributed by atoms with van der Waals surface area (Å²) in [5.74, 6) is 0.600. The van der Waals surface area contributed by atoms with E-state index in [0.29, 0.717) is 5.92 Å². The highest BCUT2D eigenvalue weighted by molar-refractivity contribution is 5.94. The number of hydrogen-bond acceptors (Lipinski definition) is 2. The Morgan fingerprint density at radius 2 is 2.05 bits per heavy atom. The maximum absolute atomic E-state index is 4.56. The lowest BCUT2D eigenvalue weighted by Gasteiger charge is -2.32. The highest BCUT2D eigenvalue weighted by Crippen LogP contribution is 2.38. The van der Waals surface area contributed by atoms with Crippen LogP contribution in [0, 0.1) is 5.92 Å². The summed E-state index contributed by atoms with van der Waals surface area (Å²) in [6.07, 6.45) is 6.79. The van der Waals surface area contributed by atoms with Crippen LogP contribution in [0.25, 0.3) is 16.6 Å². The summed E-state index contributed by atoms with van der Waals surface area (Å²) in [7, 11) is 0. The zero-order valence-electron chi connectivity index (χ0n) is 12.6. The predicted molar refractivity (Wildman–Crippen MR) is 83.0 cm³/mol. The number of aromatic nitrogens is 3. The van der Waals surface area contributed by atoms with Gasteiger partial charge in [-0.2, -0.15) is 0 Å². The van der Waals surface area contributed by atoms with E-state index in [1.165, 1.54) is 10.9 Å². The number of benzene rings is 1. The Labute approximate surface area is 119 Å². The van der Waals surface area contributed by atoms with Crippen LogP contribution in [0.3, 0.4) is 0 Å². The third-order valence-electron chi connectivity index (χ3n) is 4.79. The highest BCUT2D eigenvalue weighted by atomic mass is 15.0. The van der Waals surface area contributed by atoms with Crippen LogP contribution in [0.15, 0.2) is 36.9 Å². The van der Waals surface area contributed by atoms with Crippen LogP contribution in [0.5, 0.6) is 0 Å². The molecule has 0 aliphatic heterocycles. The predicted octanol–water partition coefficient (Wildman–Crippen LogP) is 4.21. The second kappa shape index (κ2) is 4.58. The number of rotatable bonds is 3. The van der Waals surface area contributed by atoms with Crippen molar-refractivity contribution in [3.8, 4) is 0 Å². The normalized spacial score (nSPS) is 14.0. The van der Waals surface area contributed by atoms with E-state index in [4.69, 9.17) is 0 Å². The third kappa shape index (κ3) is 1.80. The fourth-order valence-corrected chi connectivity index (χ4v) is 2.92. The first-order valence-corrected chi connectivity index (χ1v) is 7.26. The van der Waals surface area contributed by atoms with E-state index in [9.17, 15) is 0 Å². The van der Waals surface area contributed by atoms with Crippen molar-refractivity contribution in [1.82, 2.24) is 14.4 Å². The van der Waals surface area contributed by atoms with Gasteiger partial charge in [0, 0.05) is 17.8 Å². The number of fused-ring (bicyclic) bond motifs is 3. The van der Waals surface area contributed by atoms with Crippen molar-refractivity contribution in [2.24, 2.45) is 5.92 Å². The minimum Gasteiger partial charge on any atom is -0.290 e. The van der Waals surface area contributed by atoms with Crippen molar-refractivity contribution in [3.05, 3.63) is 42.5 Å². The first-order valence-electron chi connectivity index (χ1n) is 7.26. The molecule has 2 aromatic heterocycles. The molecule has 0 bridgehead atoms. The molecule has 3 rings (SSSR count). The van der Waals surface area contributed by atoms with Gasteiger partial charge < -0.3 is 0 Å². The summed E-state index contributed by atoms with van der Waals surface area (Å²) in [5.41, 5.74) is 3.47. The van der Waals surface area contributed by atoms with Gasteiger partial charge in [-0.3, -0.25) is 4.40 Å². The second-order valence-electron chi connectivity index (χ2n) is 6.13. The van der Waals surface area contributed by atoms with Gasteiger partial charge >= 0.3 is 0 Å². The minimum absolute atomic E-state index is 0.101. The molecule has 0 N–H and O–H groups in total. The number of hydrogen-bond donors (Lipinski definition) is 0. The van der Waals surface area contributed by atoms with E-state index in [0.717, 1.165) is 17.6 Å². The maximum Gasteiger partial charge on any atom is 0.147 e. The summed E-state index contributed by atoms with van der Waals surface area (Å²) in [6.45, 7) is 9.21. The Bertz CT molecular complexity index is 755. The average molecular weight is 267 g/mol. The summed E-state index contributed by atoms with van der Waals surface area (Å²) in [5, 5.41) is 1.19. The maximum atomic E-state index is 4.56. The van der Waals surface area contributed by atoms with Gasteiger partial charge in [-0.05, 0) is 23.0 Å². The van der Waals surface area contributed by atoms with Gasteiger partial charge in [-0.1, -0.05) is 46.2 Å². The summed E-state index contributed by atoms with van der Waals surface area (Å²) >= 11 is 0. The summed E-state index contributed by atoms with van der Waals surface area (Å²) < 4.78 is 2.00. The van der Waals surface area contributed by atoms with Gasteiger partial charge in [0.2, 0.25) is 0 Å².